The van der Waals surface area contributed by atoms with Crippen LogP contribution >= 0.6 is 0 Å². The molecule has 1 unspecified atom stereocenters. The van der Waals surface area contributed by atoms with Crippen molar-refractivity contribution in [3.05, 3.63) is 35.7 Å². The molecule has 0 saturated carbocycles. The minimum Gasteiger partial charge on any atom is -0.339 e. The molecule has 0 bridgehead atoms. The summed E-state index contributed by atoms with van der Waals surface area (Å²) in [5.41, 5.74) is 7.73. The number of benzene rings is 1. The van der Waals surface area contributed by atoms with Crippen molar-refractivity contribution in [2.24, 2.45) is 11.7 Å². The van der Waals surface area contributed by atoms with Crippen LogP contribution in [0.2, 0.25) is 0 Å². The van der Waals surface area contributed by atoms with Gasteiger partial charge in [-0.3, -0.25) is 0 Å². The molecule has 2 rings (SSSR count). The summed E-state index contributed by atoms with van der Waals surface area (Å²) in [6, 6.07) is 8.00. The molecule has 2 aromatic rings. The molecule has 0 fully saturated rings. The molecule has 4 nitrogen and oxygen atoms in total. The zero-order valence-electron chi connectivity index (χ0n) is 10.2. The van der Waals surface area contributed by atoms with Crippen LogP contribution < -0.4 is 5.73 Å². The van der Waals surface area contributed by atoms with Gasteiger partial charge in [0.1, 0.15) is 0 Å². The van der Waals surface area contributed by atoms with E-state index < -0.39 is 0 Å². The van der Waals surface area contributed by atoms with E-state index in [9.17, 15) is 0 Å². The first-order valence-electron chi connectivity index (χ1n) is 5.79. The molecule has 0 aliphatic carbocycles. The van der Waals surface area contributed by atoms with Crippen molar-refractivity contribution in [3.63, 3.8) is 0 Å². The molecule has 2 N–H and O–H groups in total. The summed E-state index contributed by atoms with van der Waals surface area (Å²) in [6.07, 6.45) is 0.732. The normalized spacial score (nSPS) is 12.6. The molecule has 0 spiro atoms. The molecule has 1 atom stereocenters. The summed E-state index contributed by atoms with van der Waals surface area (Å²) in [4.78, 5) is 4.40. The highest BCUT2D eigenvalue weighted by Crippen LogP contribution is 2.20. The van der Waals surface area contributed by atoms with Crippen LogP contribution in [0.15, 0.2) is 28.8 Å². The summed E-state index contributed by atoms with van der Waals surface area (Å²) in [5, 5.41) is 4.01. The Morgan fingerprint density at radius 1 is 1.35 bits per heavy atom. The molecular formula is C13H17N3O. The summed E-state index contributed by atoms with van der Waals surface area (Å²) >= 11 is 0. The Bertz CT molecular complexity index is 493. The maximum Gasteiger partial charge on any atom is 0.227 e. The third-order valence-corrected chi connectivity index (χ3v) is 2.78. The Kier molecular flexibility index (Phi) is 3.54. The lowest BCUT2D eigenvalue weighted by Crippen LogP contribution is -2.13. The molecule has 17 heavy (non-hydrogen) atoms. The van der Waals surface area contributed by atoms with E-state index in [1.54, 1.807) is 0 Å². The van der Waals surface area contributed by atoms with Gasteiger partial charge in [-0.25, -0.2) is 0 Å². The molecule has 4 heteroatoms. The van der Waals surface area contributed by atoms with Crippen LogP contribution in [0.4, 0.5) is 0 Å². The number of rotatable bonds is 4. The minimum absolute atomic E-state index is 0.361. The number of aryl methyl sites for hydroxylation is 1. The molecule has 1 heterocycles. The van der Waals surface area contributed by atoms with Crippen LogP contribution in [0.5, 0.6) is 0 Å². The van der Waals surface area contributed by atoms with E-state index in [4.69, 9.17) is 10.3 Å². The quantitative estimate of drug-likeness (QED) is 0.876. The van der Waals surface area contributed by atoms with Gasteiger partial charge >= 0.3 is 0 Å². The van der Waals surface area contributed by atoms with Crippen molar-refractivity contribution in [3.8, 4) is 11.4 Å². The van der Waals surface area contributed by atoms with Crippen molar-refractivity contribution in [1.82, 2.24) is 10.1 Å². The smallest absolute Gasteiger partial charge is 0.227 e. The van der Waals surface area contributed by atoms with Crippen molar-refractivity contribution >= 4 is 0 Å². The number of hydrogen-bond acceptors (Lipinski definition) is 4. The first-order chi connectivity index (χ1) is 8.20. The van der Waals surface area contributed by atoms with Crippen LogP contribution in [0.3, 0.4) is 0 Å². The van der Waals surface area contributed by atoms with E-state index in [1.165, 1.54) is 0 Å². The average Bonchev–Trinajstić information content (AvgIpc) is 2.78. The fourth-order valence-corrected chi connectivity index (χ4v) is 1.65. The van der Waals surface area contributed by atoms with Gasteiger partial charge in [0.25, 0.3) is 0 Å². The topological polar surface area (TPSA) is 64.9 Å². The maximum atomic E-state index is 5.57. The monoisotopic (exact) mass is 231 g/mol. The average molecular weight is 231 g/mol. The second kappa shape index (κ2) is 5.10. The van der Waals surface area contributed by atoms with Gasteiger partial charge in [0.15, 0.2) is 0 Å². The zero-order valence-corrected chi connectivity index (χ0v) is 10.2. The third kappa shape index (κ3) is 2.71. The maximum absolute atomic E-state index is 5.57. The summed E-state index contributed by atoms with van der Waals surface area (Å²) in [7, 11) is 0. The van der Waals surface area contributed by atoms with E-state index >= 15 is 0 Å². The van der Waals surface area contributed by atoms with Crippen molar-refractivity contribution in [1.29, 1.82) is 0 Å². The van der Waals surface area contributed by atoms with Crippen molar-refractivity contribution in [2.75, 3.05) is 6.54 Å². The SMILES string of the molecule is Cc1ccccc1-c1noc(CC(C)CN)n1. The van der Waals surface area contributed by atoms with Crippen LogP contribution in [-0.4, -0.2) is 16.7 Å². The second-order valence-corrected chi connectivity index (χ2v) is 4.37. The molecule has 0 aliphatic rings. The van der Waals surface area contributed by atoms with Gasteiger partial charge < -0.3 is 10.3 Å². The third-order valence-electron chi connectivity index (χ3n) is 2.78. The van der Waals surface area contributed by atoms with E-state index in [-0.39, 0.29) is 0 Å². The first kappa shape index (κ1) is 11.8. The predicted molar refractivity (Wildman–Crippen MR) is 66.4 cm³/mol. The van der Waals surface area contributed by atoms with E-state index in [0.717, 1.165) is 17.5 Å². The number of hydrogen-bond donors (Lipinski definition) is 1. The van der Waals surface area contributed by atoms with E-state index in [1.807, 2.05) is 31.2 Å². The zero-order chi connectivity index (χ0) is 12.3. The van der Waals surface area contributed by atoms with Crippen molar-refractivity contribution in [2.45, 2.75) is 20.3 Å². The fourth-order valence-electron chi connectivity index (χ4n) is 1.65. The van der Waals surface area contributed by atoms with Crippen LogP contribution in [0.25, 0.3) is 11.4 Å². The molecule has 0 aliphatic heterocycles. The number of nitrogens with two attached hydrogens (primary N) is 1. The number of aromatic nitrogens is 2. The largest absolute Gasteiger partial charge is 0.339 e. The standard InChI is InChI=1S/C13H17N3O/c1-9(8-14)7-12-15-13(16-17-12)11-6-4-3-5-10(11)2/h3-6,9H,7-8,14H2,1-2H3. The Balaban J connectivity index is 2.21. The molecule has 0 amide bonds. The van der Waals surface area contributed by atoms with Crippen LogP contribution in [-0.2, 0) is 6.42 Å². The van der Waals surface area contributed by atoms with Gasteiger partial charge in [-0.15, -0.1) is 0 Å². The van der Waals surface area contributed by atoms with Gasteiger partial charge in [0.2, 0.25) is 11.7 Å². The first-order valence-corrected chi connectivity index (χ1v) is 5.79. The summed E-state index contributed by atoms with van der Waals surface area (Å²) < 4.78 is 5.23. The van der Waals surface area contributed by atoms with Gasteiger partial charge in [-0.1, -0.05) is 36.3 Å². The second-order valence-electron chi connectivity index (χ2n) is 4.37. The number of nitrogens with zero attached hydrogens (tertiary/aromatic N) is 2. The van der Waals surface area contributed by atoms with Gasteiger partial charge in [0, 0.05) is 12.0 Å². The minimum atomic E-state index is 0.361. The molecule has 90 valence electrons. The van der Waals surface area contributed by atoms with Crippen molar-refractivity contribution < 1.29 is 4.52 Å². The Morgan fingerprint density at radius 3 is 2.82 bits per heavy atom. The van der Waals surface area contributed by atoms with E-state index in [2.05, 4.69) is 17.1 Å². The lowest BCUT2D eigenvalue weighted by molar-refractivity contribution is 0.359. The van der Waals surface area contributed by atoms with Gasteiger partial charge in [-0.2, -0.15) is 4.98 Å². The fraction of sp³-hybridized carbons (Fsp3) is 0.385. The summed E-state index contributed by atoms with van der Waals surface area (Å²) in [5.74, 6) is 1.67. The highest BCUT2D eigenvalue weighted by Gasteiger charge is 2.12. The Labute approximate surface area is 101 Å². The Hall–Kier alpha value is -1.68. The highest BCUT2D eigenvalue weighted by atomic mass is 16.5. The Morgan fingerprint density at radius 2 is 2.12 bits per heavy atom. The van der Waals surface area contributed by atoms with Gasteiger partial charge in [-0.05, 0) is 24.9 Å². The summed E-state index contributed by atoms with van der Waals surface area (Å²) in [6.45, 7) is 4.73. The molecule has 0 radical (unpaired) electrons. The lowest BCUT2D eigenvalue weighted by Gasteiger charge is -2.02. The van der Waals surface area contributed by atoms with Crippen LogP contribution in [0, 0.1) is 12.8 Å². The highest BCUT2D eigenvalue weighted by molar-refractivity contribution is 5.58. The molecular weight excluding hydrogens is 214 g/mol. The predicted octanol–water partition coefficient (Wildman–Crippen LogP) is 2.18. The molecule has 1 aromatic carbocycles. The molecule has 0 saturated heterocycles. The molecule has 1 aromatic heterocycles. The van der Waals surface area contributed by atoms with Gasteiger partial charge in [0.05, 0.1) is 0 Å². The van der Waals surface area contributed by atoms with Crippen LogP contribution in [0.1, 0.15) is 18.4 Å². The van der Waals surface area contributed by atoms with E-state index in [0.29, 0.717) is 24.2 Å². The lowest BCUT2D eigenvalue weighted by atomic mass is 10.1.